The standard InChI is InChI=1S/C15H29N/c1-3-5-6-8-14-11-13(7-4-2)9-10-15(14)12-16/h3,13-15H,1,4-12,16H2,2H3. The van der Waals surface area contributed by atoms with E-state index in [-0.39, 0.29) is 0 Å². The summed E-state index contributed by atoms with van der Waals surface area (Å²) in [6.07, 6.45) is 12.9. The lowest BCUT2D eigenvalue weighted by molar-refractivity contribution is 0.165. The molecule has 0 aromatic heterocycles. The summed E-state index contributed by atoms with van der Waals surface area (Å²) < 4.78 is 0. The Kier molecular flexibility index (Phi) is 6.79. The summed E-state index contributed by atoms with van der Waals surface area (Å²) >= 11 is 0. The molecule has 3 unspecified atom stereocenters. The first kappa shape index (κ1) is 13.8. The third-order valence-corrected chi connectivity index (χ3v) is 4.23. The molecule has 1 saturated carbocycles. The third-order valence-electron chi connectivity index (χ3n) is 4.23. The van der Waals surface area contributed by atoms with E-state index >= 15 is 0 Å². The minimum absolute atomic E-state index is 0.804. The maximum atomic E-state index is 5.90. The Balaban J connectivity index is 2.36. The van der Waals surface area contributed by atoms with Crippen LogP contribution in [0.3, 0.4) is 0 Å². The molecule has 0 saturated heterocycles. The van der Waals surface area contributed by atoms with Crippen molar-refractivity contribution in [3.05, 3.63) is 12.7 Å². The van der Waals surface area contributed by atoms with Gasteiger partial charge in [-0.25, -0.2) is 0 Å². The topological polar surface area (TPSA) is 26.0 Å². The van der Waals surface area contributed by atoms with Crippen LogP contribution >= 0.6 is 0 Å². The molecule has 0 radical (unpaired) electrons. The number of unbranched alkanes of at least 4 members (excludes halogenated alkanes) is 1. The van der Waals surface area contributed by atoms with Gasteiger partial charge in [0.1, 0.15) is 0 Å². The molecule has 1 heteroatoms. The predicted octanol–water partition coefficient (Wildman–Crippen LogP) is 4.13. The van der Waals surface area contributed by atoms with E-state index in [0.29, 0.717) is 0 Å². The van der Waals surface area contributed by atoms with E-state index in [0.717, 1.165) is 24.3 Å². The highest BCUT2D eigenvalue weighted by atomic mass is 14.6. The van der Waals surface area contributed by atoms with Crippen molar-refractivity contribution in [3.8, 4) is 0 Å². The van der Waals surface area contributed by atoms with Crippen molar-refractivity contribution in [3.63, 3.8) is 0 Å². The van der Waals surface area contributed by atoms with Crippen LogP contribution in [0, 0.1) is 17.8 Å². The fraction of sp³-hybridized carbons (Fsp3) is 0.867. The first-order chi connectivity index (χ1) is 7.81. The number of allylic oxidation sites excluding steroid dienone is 1. The minimum Gasteiger partial charge on any atom is -0.330 e. The molecule has 1 fully saturated rings. The van der Waals surface area contributed by atoms with Crippen molar-refractivity contribution in [1.82, 2.24) is 0 Å². The van der Waals surface area contributed by atoms with Gasteiger partial charge in [-0.2, -0.15) is 0 Å². The maximum Gasteiger partial charge on any atom is -0.00462 e. The quantitative estimate of drug-likeness (QED) is 0.509. The molecule has 94 valence electrons. The van der Waals surface area contributed by atoms with Gasteiger partial charge in [0.05, 0.1) is 0 Å². The normalized spacial score (nSPS) is 30.2. The van der Waals surface area contributed by atoms with E-state index in [1.807, 2.05) is 6.08 Å². The second-order valence-corrected chi connectivity index (χ2v) is 5.44. The average molecular weight is 223 g/mol. The largest absolute Gasteiger partial charge is 0.330 e. The van der Waals surface area contributed by atoms with Gasteiger partial charge in [0.25, 0.3) is 0 Å². The molecule has 0 aromatic rings. The molecule has 3 atom stereocenters. The lowest BCUT2D eigenvalue weighted by atomic mass is 9.71. The van der Waals surface area contributed by atoms with Crippen LogP contribution in [0.25, 0.3) is 0 Å². The summed E-state index contributed by atoms with van der Waals surface area (Å²) in [4.78, 5) is 0. The average Bonchev–Trinajstić information content (AvgIpc) is 2.30. The van der Waals surface area contributed by atoms with Crippen molar-refractivity contribution >= 4 is 0 Å². The van der Waals surface area contributed by atoms with Crippen LogP contribution in [0.5, 0.6) is 0 Å². The van der Waals surface area contributed by atoms with Crippen molar-refractivity contribution in [1.29, 1.82) is 0 Å². The highest BCUT2D eigenvalue weighted by Crippen LogP contribution is 2.38. The minimum atomic E-state index is 0.804. The molecule has 0 aromatic carbocycles. The molecule has 1 rings (SSSR count). The van der Waals surface area contributed by atoms with Crippen molar-refractivity contribution in [2.75, 3.05) is 6.54 Å². The van der Waals surface area contributed by atoms with E-state index in [2.05, 4.69) is 13.5 Å². The maximum absolute atomic E-state index is 5.90. The van der Waals surface area contributed by atoms with E-state index in [1.54, 1.807) is 0 Å². The molecular formula is C15H29N. The molecule has 0 aliphatic heterocycles. The van der Waals surface area contributed by atoms with Crippen molar-refractivity contribution in [2.24, 2.45) is 23.5 Å². The fourth-order valence-corrected chi connectivity index (χ4v) is 3.28. The number of rotatable bonds is 7. The molecule has 1 aliphatic rings. The Morgan fingerprint density at radius 2 is 2.06 bits per heavy atom. The van der Waals surface area contributed by atoms with Gasteiger partial charge in [-0.3, -0.25) is 0 Å². The fourth-order valence-electron chi connectivity index (χ4n) is 3.28. The van der Waals surface area contributed by atoms with Gasteiger partial charge in [0.15, 0.2) is 0 Å². The summed E-state index contributed by atoms with van der Waals surface area (Å²) in [6.45, 7) is 7.01. The molecule has 0 bridgehead atoms. The summed E-state index contributed by atoms with van der Waals surface area (Å²) in [7, 11) is 0. The molecule has 1 aliphatic carbocycles. The van der Waals surface area contributed by atoms with E-state index in [4.69, 9.17) is 5.73 Å². The Hall–Kier alpha value is -0.300. The van der Waals surface area contributed by atoms with Gasteiger partial charge in [-0.15, -0.1) is 6.58 Å². The molecule has 1 nitrogen and oxygen atoms in total. The molecule has 0 amide bonds. The first-order valence-corrected chi connectivity index (χ1v) is 7.12. The van der Waals surface area contributed by atoms with Crippen LogP contribution in [0.1, 0.15) is 58.3 Å². The number of hydrogen-bond acceptors (Lipinski definition) is 1. The Morgan fingerprint density at radius 3 is 2.69 bits per heavy atom. The second-order valence-electron chi connectivity index (χ2n) is 5.44. The van der Waals surface area contributed by atoms with Crippen molar-refractivity contribution < 1.29 is 0 Å². The highest BCUT2D eigenvalue weighted by molar-refractivity contribution is 4.81. The molecule has 2 N–H and O–H groups in total. The predicted molar refractivity (Wildman–Crippen MR) is 72.3 cm³/mol. The van der Waals surface area contributed by atoms with Gasteiger partial charge in [-0.1, -0.05) is 32.3 Å². The molecular weight excluding hydrogens is 194 g/mol. The van der Waals surface area contributed by atoms with Crippen LogP contribution in [0.4, 0.5) is 0 Å². The van der Waals surface area contributed by atoms with Crippen LogP contribution < -0.4 is 5.73 Å². The molecule has 0 spiro atoms. The zero-order valence-electron chi connectivity index (χ0n) is 11.0. The Morgan fingerprint density at radius 1 is 1.25 bits per heavy atom. The number of hydrogen-bond donors (Lipinski definition) is 1. The highest BCUT2D eigenvalue weighted by Gasteiger charge is 2.28. The lowest BCUT2D eigenvalue weighted by Gasteiger charge is -2.35. The van der Waals surface area contributed by atoms with Crippen LogP contribution in [-0.2, 0) is 0 Å². The van der Waals surface area contributed by atoms with Gasteiger partial charge in [0.2, 0.25) is 0 Å². The van der Waals surface area contributed by atoms with E-state index < -0.39 is 0 Å². The van der Waals surface area contributed by atoms with Gasteiger partial charge in [0, 0.05) is 0 Å². The summed E-state index contributed by atoms with van der Waals surface area (Å²) in [5, 5.41) is 0. The second kappa shape index (κ2) is 7.89. The van der Waals surface area contributed by atoms with Crippen LogP contribution in [0.2, 0.25) is 0 Å². The van der Waals surface area contributed by atoms with Gasteiger partial charge in [-0.05, 0) is 56.4 Å². The Labute approximate surface area is 101 Å². The summed E-state index contributed by atoms with van der Waals surface area (Å²) in [6, 6.07) is 0. The summed E-state index contributed by atoms with van der Waals surface area (Å²) in [5.41, 5.74) is 5.90. The smallest absolute Gasteiger partial charge is 0.00462 e. The summed E-state index contributed by atoms with van der Waals surface area (Å²) in [5.74, 6) is 2.69. The monoisotopic (exact) mass is 223 g/mol. The first-order valence-electron chi connectivity index (χ1n) is 7.12. The van der Waals surface area contributed by atoms with Crippen LogP contribution in [-0.4, -0.2) is 6.54 Å². The van der Waals surface area contributed by atoms with Crippen molar-refractivity contribution in [2.45, 2.75) is 58.3 Å². The van der Waals surface area contributed by atoms with Crippen LogP contribution in [0.15, 0.2) is 12.7 Å². The number of nitrogens with two attached hydrogens (primary N) is 1. The Bertz CT molecular complexity index is 188. The third kappa shape index (κ3) is 4.29. The zero-order chi connectivity index (χ0) is 11.8. The van der Waals surface area contributed by atoms with E-state index in [1.165, 1.54) is 51.4 Å². The zero-order valence-corrected chi connectivity index (χ0v) is 11.0. The van der Waals surface area contributed by atoms with Gasteiger partial charge < -0.3 is 5.73 Å². The molecule has 16 heavy (non-hydrogen) atoms. The van der Waals surface area contributed by atoms with E-state index in [9.17, 15) is 0 Å². The van der Waals surface area contributed by atoms with Gasteiger partial charge >= 0.3 is 0 Å². The molecule has 0 heterocycles. The lowest BCUT2D eigenvalue weighted by Crippen LogP contribution is -2.30. The SMILES string of the molecule is C=CCCCC1CC(CCC)CCC1CN.